The van der Waals surface area contributed by atoms with Gasteiger partial charge in [-0.15, -0.1) is 0 Å². The molecule has 126 valence electrons. The van der Waals surface area contributed by atoms with Crippen molar-refractivity contribution < 1.29 is 22.9 Å². The lowest BCUT2D eigenvalue weighted by atomic mass is 10.1. The quantitative estimate of drug-likeness (QED) is 0.488. The van der Waals surface area contributed by atoms with Crippen LogP contribution in [0.3, 0.4) is 0 Å². The smallest absolute Gasteiger partial charge is 0.412 e. The topological polar surface area (TPSA) is 139 Å². The minimum Gasteiger partial charge on any atom is -0.444 e. The number of carbonyl (C=O) groups excluding carboxylic acids is 1. The monoisotopic (exact) mass is 343 g/mol. The standard InChI is InChI=1S/C13H17N3O6S/c1-13(2,3)22-12(17)15-9-6-11(23(4,20)21)10(16(18)19)5-8(9)7-14/h5-7,14H,1-4H3,(H,15,17). The molecule has 0 bridgehead atoms. The van der Waals surface area contributed by atoms with Crippen molar-refractivity contribution in [2.45, 2.75) is 31.3 Å². The van der Waals surface area contributed by atoms with Crippen molar-refractivity contribution in [3.05, 3.63) is 27.8 Å². The first kappa shape index (κ1) is 18.6. The predicted molar refractivity (Wildman–Crippen MR) is 83.9 cm³/mol. The van der Waals surface area contributed by atoms with Gasteiger partial charge < -0.3 is 10.1 Å². The third kappa shape index (κ3) is 5.02. The number of nitrogens with zero attached hydrogens (tertiary/aromatic N) is 1. The van der Waals surface area contributed by atoms with Crippen LogP contribution in [0.25, 0.3) is 0 Å². The van der Waals surface area contributed by atoms with E-state index in [1.54, 1.807) is 20.8 Å². The molecule has 0 aliphatic carbocycles. The number of sulfone groups is 1. The fourth-order valence-corrected chi connectivity index (χ4v) is 2.51. The Balaban J connectivity index is 3.41. The normalized spacial score (nSPS) is 11.7. The Labute approximate surface area is 133 Å². The molecular formula is C13H17N3O6S. The molecular weight excluding hydrogens is 326 g/mol. The molecule has 0 fully saturated rings. The average molecular weight is 343 g/mol. The molecule has 1 aromatic carbocycles. The third-order valence-electron chi connectivity index (χ3n) is 2.52. The fraction of sp³-hybridized carbons (Fsp3) is 0.385. The number of carbonyl (C=O) groups is 1. The summed E-state index contributed by atoms with van der Waals surface area (Å²) in [7, 11) is -3.91. The van der Waals surface area contributed by atoms with Crippen molar-refractivity contribution in [3.8, 4) is 0 Å². The number of nitrogens with one attached hydrogen (secondary N) is 2. The van der Waals surface area contributed by atoms with E-state index >= 15 is 0 Å². The molecule has 0 heterocycles. The molecule has 0 spiro atoms. The highest BCUT2D eigenvalue weighted by molar-refractivity contribution is 7.90. The molecule has 0 atom stereocenters. The van der Waals surface area contributed by atoms with Gasteiger partial charge in [0.15, 0.2) is 9.84 Å². The molecule has 0 unspecified atom stereocenters. The van der Waals surface area contributed by atoms with Gasteiger partial charge in [0, 0.05) is 24.1 Å². The van der Waals surface area contributed by atoms with E-state index < -0.39 is 37.0 Å². The molecule has 10 heteroatoms. The van der Waals surface area contributed by atoms with Crippen molar-refractivity contribution in [2.24, 2.45) is 0 Å². The van der Waals surface area contributed by atoms with Crippen LogP contribution in [0, 0.1) is 15.5 Å². The molecule has 2 N–H and O–H groups in total. The summed E-state index contributed by atoms with van der Waals surface area (Å²) < 4.78 is 28.5. The molecule has 0 aromatic heterocycles. The Morgan fingerprint density at radius 2 is 1.96 bits per heavy atom. The summed E-state index contributed by atoms with van der Waals surface area (Å²) in [6.07, 6.45) is 0.719. The van der Waals surface area contributed by atoms with Gasteiger partial charge in [-0.2, -0.15) is 0 Å². The van der Waals surface area contributed by atoms with Crippen LogP contribution < -0.4 is 5.32 Å². The summed E-state index contributed by atoms with van der Waals surface area (Å²) in [5.41, 5.74) is -1.54. The molecule has 0 radical (unpaired) electrons. The summed E-state index contributed by atoms with van der Waals surface area (Å²) in [4.78, 5) is 21.4. The van der Waals surface area contributed by atoms with E-state index in [0.717, 1.165) is 24.6 Å². The van der Waals surface area contributed by atoms with Gasteiger partial charge in [-0.3, -0.25) is 15.4 Å². The second-order valence-electron chi connectivity index (χ2n) is 5.71. The van der Waals surface area contributed by atoms with Crippen molar-refractivity contribution in [1.82, 2.24) is 0 Å². The summed E-state index contributed by atoms with van der Waals surface area (Å²) in [6.45, 7) is 4.92. The maximum atomic E-state index is 11.8. The Morgan fingerprint density at radius 1 is 1.39 bits per heavy atom. The third-order valence-corrected chi connectivity index (χ3v) is 3.64. The SMILES string of the molecule is CC(C)(C)OC(=O)Nc1cc(S(C)(=O)=O)c([N+](=O)[O-])cc1C=N. The second-order valence-corrected chi connectivity index (χ2v) is 7.69. The van der Waals surface area contributed by atoms with Crippen LogP contribution in [0.5, 0.6) is 0 Å². The minimum absolute atomic E-state index is 0.0186. The van der Waals surface area contributed by atoms with Crippen LogP contribution in [-0.2, 0) is 14.6 Å². The highest BCUT2D eigenvalue weighted by atomic mass is 32.2. The minimum atomic E-state index is -3.91. The van der Waals surface area contributed by atoms with Gasteiger partial charge in [-0.25, -0.2) is 13.2 Å². The number of hydrogen-bond acceptors (Lipinski definition) is 7. The van der Waals surface area contributed by atoms with Crippen LogP contribution in [0.15, 0.2) is 17.0 Å². The zero-order valence-electron chi connectivity index (χ0n) is 13.0. The first-order valence-electron chi connectivity index (χ1n) is 6.38. The van der Waals surface area contributed by atoms with E-state index in [4.69, 9.17) is 10.1 Å². The highest BCUT2D eigenvalue weighted by Gasteiger charge is 2.26. The Morgan fingerprint density at radius 3 is 2.35 bits per heavy atom. The molecule has 1 rings (SSSR count). The molecule has 0 saturated heterocycles. The molecule has 0 aliphatic rings. The molecule has 1 aromatic rings. The molecule has 23 heavy (non-hydrogen) atoms. The van der Waals surface area contributed by atoms with E-state index in [0.29, 0.717) is 0 Å². The van der Waals surface area contributed by atoms with Crippen molar-refractivity contribution >= 4 is 33.5 Å². The maximum Gasteiger partial charge on any atom is 0.412 e. The van der Waals surface area contributed by atoms with Gasteiger partial charge in [-0.1, -0.05) is 0 Å². The van der Waals surface area contributed by atoms with E-state index in [1.165, 1.54) is 0 Å². The number of amides is 1. The van der Waals surface area contributed by atoms with Crippen molar-refractivity contribution in [1.29, 1.82) is 5.41 Å². The second kappa shape index (κ2) is 6.32. The largest absolute Gasteiger partial charge is 0.444 e. The van der Waals surface area contributed by atoms with Crippen LogP contribution in [0.1, 0.15) is 26.3 Å². The Hall–Kier alpha value is -2.49. The number of benzene rings is 1. The van der Waals surface area contributed by atoms with Crippen LogP contribution >= 0.6 is 0 Å². The number of hydrogen-bond donors (Lipinski definition) is 2. The maximum absolute atomic E-state index is 11.8. The number of rotatable bonds is 4. The first-order chi connectivity index (χ1) is 10.3. The lowest BCUT2D eigenvalue weighted by Gasteiger charge is -2.20. The molecule has 1 amide bonds. The van der Waals surface area contributed by atoms with Gasteiger partial charge in [0.2, 0.25) is 0 Å². The zero-order chi connectivity index (χ0) is 18.0. The van der Waals surface area contributed by atoms with E-state index in [1.807, 2.05) is 0 Å². The summed E-state index contributed by atoms with van der Waals surface area (Å²) in [5.74, 6) is 0. The van der Waals surface area contributed by atoms with Gasteiger partial charge in [-0.05, 0) is 26.8 Å². The van der Waals surface area contributed by atoms with Crippen LogP contribution in [-0.4, -0.2) is 37.5 Å². The van der Waals surface area contributed by atoms with E-state index in [2.05, 4.69) is 5.32 Å². The Bertz CT molecular complexity index is 765. The summed E-state index contributed by atoms with van der Waals surface area (Å²) in [6, 6.07) is 1.86. The Kier molecular flexibility index (Phi) is 5.10. The molecule has 0 saturated carbocycles. The van der Waals surface area contributed by atoms with Crippen molar-refractivity contribution in [2.75, 3.05) is 11.6 Å². The number of nitro benzene ring substituents is 1. The van der Waals surface area contributed by atoms with Gasteiger partial charge in [0.25, 0.3) is 5.69 Å². The first-order valence-corrected chi connectivity index (χ1v) is 8.27. The number of ether oxygens (including phenoxy) is 1. The molecule has 9 nitrogen and oxygen atoms in total. The van der Waals surface area contributed by atoms with Crippen LogP contribution in [0.4, 0.5) is 16.2 Å². The molecule has 0 aliphatic heterocycles. The highest BCUT2D eigenvalue weighted by Crippen LogP contribution is 2.30. The lowest BCUT2D eigenvalue weighted by molar-refractivity contribution is -0.387. The number of anilines is 1. The average Bonchev–Trinajstić information content (AvgIpc) is 2.34. The van der Waals surface area contributed by atoms with Gasteiger partial charge >= 0.3 is 6.09 Å². The zero-order valence-corrected chi connectivity index (χ0v) is 13.9. The summed E-state index contributed by atoms with van der Waals surface area (Å²) in [5, 5.41) is 20.6. The van der Waals surface area contributed by atoms with Crippen molar-refractivity contribution in [3.63, 3.8) is 0 Å². The van der Waals surface area contributed by atoms with Gasteiger partial charge in [0.1, 0.15) is 10.5 Å². The fourth-order valence-electron chi connectivity index (χ4n) is 1.67. The van der Waals surface area contributed by atoms with E-state index in [-0.39, 0.29) is 11.3 Å². The predicted octanol–water partition coefficient (Wildman–Crippen LogP) is 2.34. The summed E-state index contributed by atoms with van der Waals surface area (Å²) >= 11 is 0. The number of nitro groups is 1. The lowest BCUT2D eigenvalue weighted by Crippen LogP contribution is -2.27. The van der Waals surface area contributed by atoms with E-state index in [9.17, 15) is 23.3 Å². The van der Waals surface area contributed by atoms with Crippen LogP contribution in [0.2, 0.25) is 0 Å². The van der Waals surface area contributed by atoms with Gasteiger partial charge in [0.05, 0.1) is 10.6 Å².